The summed E-state index contributed by atoms with van der Waals surface area (Å²) < 4.78 is 6.23. The summed E-state index contributed by atoms with van der Waals surface area (Å²) in [6.07, 6.45) is 0.115. The van der Waals surface area contributed by atoms with E-state index in [4.69, 9.17) is 9.84 Å². The monoisotopic (exact) mass is 313 g/mol. The molecular weight excluding hydrogens is 290 g/mol. The second kappa shape index (κ2) is 6.71. The van der Waals surface area contributed by atoms with Crippen molar-refractivity contribution in [3.05, 3.63) is 65.2 Å². The molecule has 2 aromatic carbocycles. The Morgan fingerprint density at radius 1 is 1.17 bits per heavy atom. The quantitative estimate of drug-likeness (QED) is 0.714. The van der Waals surface area contributed by atoms with E-state index in [0.29, 0.717) is 19.5 Å². The zero-order valence-electron chi connectivity index (χ0n) is 13.3. The van der Waals surface area contributed by atoms with Crippen LogP contribution in [-0.4, -0.2) is 35.5 Å². The van der Waals surface area contributed by atoms with Crippen LogP contribution in [-0.2, 0) is 6.42 Å². The lowest BCUT2D eigenvalue weighted by atomic mass is 9.97. The van der Waals surface area contributed by atoms with Gasteiger partial charge in [0.25, 0.3) is 0 Å². The van der Waals surface area contributed by atoms with Crippen LogP contribution >= 0.6 is 0 Å². The van der Waals surface area contributed by atoms with E-state index in [0.717, 1.165) is 22.4 Å². The van der Waals surface area contributed by atoms with Crippen molar-refractivity contribution in [1.82, 2.24) is 5.32 Å². The Kier molecular flexibility index (Phi) is 4.66. The first-order chi connectivity index (χ1) is 11.1. The van der Waals surface area contributed by atoms with E-state index in [1.807, 2.05) is 55.5 Å². The Morgan fingerprint density at radius 2 is 1.91 bits per heavy atom. The van der Waals surface area contributed by atoms with Gasteiger partial charge in [0.15, 0.2) is 6.10 Å². The maximum atomic E-state index is 11.2. The van der Waals surface area contributed by atoms with Crippen LogP contribution in [0.4, 0.5) is 0 Å². The van der Waals surface area contributed by atoms with Crippen molar-refractivity contribution in [2.75, 3.05) is 19.7 Å². The number of hydrogen-bond donors (Lipinski definition) is 3. The lowest BCUT2D eigenvalue weighted by Crippen LogP contribution is -2.46. The van der Waals surface area contributed by atoms with Crippen LogP contribution in [0.3, 0.4) is 0 Å². The summed E-state index contributed by atoms with van der Waals surface area (Å²) in [5, 5.41) is 23.2. The highest BCUT2D eigenvalue weighted by molar-refractivity contribution is 5.41. The molecule has 0 aliphatic heterocycles. The van der Waals surface area contributed by atoms with Crippen LogP contribution in [0.5, 0.6) is 5.75 Å². The summed E-state index contributed by atoms with van der Waals surface area (Å²) in [6, 6.07) is 15.8. The third-order valence-corrected chi connectivity index (χ3v) is 4.38. The van der Waals surface area contributed by atoms with E-state index in [-0.39, 0.29) is 6.61 Å². The standard InChI is InChI=1S/C19H23NO3/c1-14-6-2-5-9-17(14)23-18-16-8-4-3-7-15(16)12-19(18,22)13-20-10-11-21/h2-9,18,20-22H,10-13H2,1H3/t18-,19+/m0/s1. The Hall–Kier alpha value is -1.88. The summed E-state index contributed by atoms with van der Waals surface area (Å²) in [4.78, 5) is 0. The van der Waals surface area contributed by atoms with Gasteiger partial charge < -0.3 is 20.3 Å². The van der Waals surface area contributed by atoms with Crippen LogP contribution in [0.15, 0.2) is 48.5 Å². The molecule has 0 fully saturated rings. The molecule has 4 heteroatoms. The van der Waals surface area contributed by atoms with Crippen LogP contribution in [0.2, 0.25) is 0 Å². The Bertz CT molecular complexity index is 673. The lowest BCUT2D eigenvalue weighted by Gasteiger charge is -2.31. The van der Waals surface area contributed by atoms with Gasteiger partial charge in [0.05, 0.1) is 6.61 Å². The largest absolute Gasteiger partial charge is 0.482 e. The number of aliphatic hydroxyl groups excluding tert-OH is 1. The number of ether oxygens (including phenoxy) is 1. The highest BCUT2D eigenvalue weighted by atomic mass is 16.5. The topological polar surface area (TPSA) is 61.7 Å². The molecule has 0 radical (unpaired) electrons. The van der Waals surface area contributed by atoms with Gasteiger partial charge in [-0.2, -0.15) is 0 Å². The first-order valence-corrected chi connectivity index (χ1v) is 7.98. The van der Waals surface area contributed by atoms with Crippen molar-refractivity contribution in [1.29, 1.82) is 0 Å². The number of aliphatic hydroxyl groups is 2. The SMILES string of the molecule is Cc1ccccc1O[C@H]1c2ccccc2C[C@@]1(O)CNCCO. The second-order valence-electron chi connectivity index (χ2n) is 6.14. The van der Waals surface area contributed by atoms with Crippen LogP contribution in [0, 0.1) is 6.92 Å². The van der Waals surface area contributed by atoms with E-state index >= 15 is 0 Å². The molecule has 0 saturated heterocycles. The second-order valence-corrected chi connectivity index (χ2v) is 6.14. The summed E-state index contributed by atoms with van der Waals surface area (Å²) in [5.41, 5.74) is 2.16. The molecule has 0 bridgehead atoms. The van der Waals surface area contributed by atoms with Crippen molar-refractivity contribution < 1.29 is 14.9 Å². The molecule has 3 N–H and O–H groups in total. The fourth-order valence-electron chi connectivity index (χ4n) is 3.19. The Labute approximate surface area is 136 Å². The average Bonchev–Trinajstić information content (AvgIpc) is 2.82. The van der Waals surface area contributed by atoms with Crippen LogP contribution < -0.4 is 10.1 Å². The van der Waals surface area contributed by atoms with Gasteiger partial charge in [-0.25, -0.2) is 0 Å². The predicted molar refractivity (Wildman–Crippen MR) is 89.6 cm³/mol. The number of benzene rings is 2. The summed E-state index contributed by atoms with van der Waals surface area (Å²) >= 11 is 0. The molecule has 1 aliphatic rings. The fourth-order valence-corrected chi connectivity index (χ4v) is 3.19. The number of hydrogen-bond acceptors (Lipinski definition) is 4. The van der Waals surface area contributed by atoms with Crippen LogP contribution in [0.1, 0.15) is 22.8 Å². The molecule has 2 atom stereocenters. The molecule has 0 amide bonds. The third-order valence-electron chi connectivity index (χ3n) is 4.38. The zero-order valence-corrected chi connectivity index (χ0v) is 13.3. The molecule has 3 rings (SSSR count). The highest BCUT2D eigenvalue weighted by Crippen LogP contribution is 2.42. The van der Waals surface area contributed by atoms with Gasteiger partial charge in [0.2, 0.25) is 0 Å². The molecule has 23 heavy (non-hydrogen) atoms. The molecule has 0 spiro atoms. The minimum atomic E-state index is -1.03. The van der Waals surface area contributed by atoms with Gasteiger partial charge in [-0.05, 0) is 29.7 Å². The first kappa shape index (κ1) is 16.0. The number of fused-ring (bicyclic) bond motifs is 1. The summed E-state index contributed by atoms with van der Waals surface area (Å²) in [6.45, 7) is 2.88. The number of para-hydroxylation sites is 1. The molecule has 0 aromatic heterocycles. The summed E-state index contributed by atoms with van der Waals surface area (Å²) in [5.74, 6) is 0.787. The van der Waals surface area contributed by atoms with E-state index in [1.165, 1.54) is 0 Å². The normalized spacial score (nSPS) is 22.8. The van der Waals surface area contributed by atoms with Gasteiger partial charge in [0.1, 0.15) is 11.4 Å². The maximum absolute atomic E-state index is 11.2. The smallest absolute Gasteiger partial charge is 0.154 e. The molecular formula is C19H23NO3. The van der Waals surface area contributed by atoms with Crippen molar-refractivity contribution in [2.45, 2.75) is 25.0 Å². The van der Waals surface area contributed by atoms with E-state index in [2.05, 4.69) is 5.32 Å². The molecule has 1 aliphatic carbocycles. The predicted octanol–water partition coefficient (Wildman–Crippen LogP) is 1.98. The van der Waals surface area contributed by atoms with Gasteiger partial charge in [-0.15, -0.1) is 0 Å². The number of aryl methyl sites for hydroxylation is 1. The number of nitrogens with one attached hydrogen (secondary N) is 1. The van der Waals surface area contributed by atoms with E-state index in [9.17, 15) is 5.11 Å². The zero-order chi connectivity index (χ0) is 16.3. The minimum Gasteiger partial charge on any atom is -0.482 e. The molecule has 2 aromatic rings. The molecule has 0 unspecified atom stereocenters. The third kappa shape index (κ3) is 3.24. The van der Waals surface area contributed by atoms with Gasteiger partial charge in [-0.1, -0.05) is 42.5 Å². The number of rotatable bonds is 6. The van der Waals surface area contributed by atoms with Crippen molar-refractivity contribution >= 4 is 0 Å². The minimum absolute atomic E-state index is 0.0480. The van der Waals surface area contributed by atoms with Gasteiger partial charge >= 0.3 is 0 Å². The fraction of sp³-hybridized carbons (Fsp3) is 0.368. The van der Waals surface area contributed by atoms with E-state index in [1.54, 1.807) is 0 Å². The lowest BCUT2D eigenvalue weighted by molar-refractivity contribution is -0.0500. The van der Waals surface area contributed by atoms with Gasteiger partial charge in [0, 0.05) is 19.5 Å². The first-order valence-electron chi connectivity index (χ1n) is 7.98. The molecule has 0 heterocycles. The van der Waals surface area contributed by atoms with Crippen molar-refractivity contribution in [3.8, 4) is 5.75 Å². The maximum Gasteiger partial charge on any atom is 0.154 e. The average molecular weight is 313 g/mol. The molecule has 4 nitrogen and oxygen atoms in total. The Balaban J connectivity index is 1.90. The Morgan fingerprint density at radius 3 is 2.70 bits per heavy atom. The van der Waals surface area contributed by atoms with Crippen molar-refractivity contribution in [2.24, 2.45) is 0 Å². The molecule has 0 saturated carbocycles. The van der Waals surface area contributed by atoms with E-state index < -0.39 is 11.7 Å². The van der Waals surface area contributed by atoms with Crippen LogP contribution in [0.25, 0.3) is 0 Å². The van der Waals surface area contributed by atoms with Crippen molar-refractivity contribution in [3.63, 3.8) is 0 Å². The highest BCUT2D eigenvalue weighted by Gasteiger charge is 2.46. The summed E-state index contributed by atoms with van der Waals surface area (Å²) in [7, 11) is 0. The van der Waals surface area contributed by atoms with Gasteiger partial charge in [-0.3, -0.25) is 0 Å². The molecule has 122 valence electrons.